The monoisotopic (exact) mass is 141 g/mol. The molecule has 0 aromatic carbocycles. The summed E-state index contributed by atoms with van der Waals surface area (Å²) in [7, 11) is 1.79. The van der Waals surface area contributed by atoms with Gasteiger partial charge in [0.05, 0.1) is 0 Å². The van der Waals surface area contributed by atoms with E-state index in [-0.39, 0.29) is 5.96 Å². The zero-order chi connectivity index (χ0) is 8.15. The van der Waals surface area contributed by atoms with Crippen LogP contribution in [0.3, 0.4) is 0 Å². The van der Waals surface area contributed by atoms with Gasteiger partial charge in [-0.25, -0.2) is 0 Å². The van der Waals surface area contributed by atoms with Gasteiger partial charge in [-0.3, -0.25) is 5.41 Å². The molecule has 0 aromatic rings. The predicted octanol–water partition coefficient (Wildman–Crippen LogP) is 0.778. The van der Waals surface area contributed by atoms with Crippen LogP contribution in [-0.4, -0.2) is 24.5 Å². The lowest BCUT2D eigenvalue weighted by atomic mass is 10.3. The Morgan fingerprint density at radius 2 is 2.10 bits per heavy atom. The van der Waals surface area contributed by atoms with Crippen molar-refractivity contribution in [1.29, 1.82) is 5.41 Å². The predicted molar refractivity (Wildman–Crippen MR) is 44.0 cm³/mol. The van der Waals surface area contributed by atoms with E-state index in [4.69, 9.17) is 11.1 Å². The summed E-state index contributed by atoms with van der Waals surface area (Å²) >= 11 is 0. The zero-order valence-electron chi connectivity index (χ0n) is 6.81. The van der Waals surface area contributed by atoms with Crippen LogP contribution in [0, 0.1) is 5.41 Å². The highest BCUT2D eigenvalue weighted by atomic mass is 15.2. The lowest BCUT2D eigenvalue weighted by Gasteiger charge is -2.13. The molecule has 0 amide bonds. The average molecular weight is 141 g/mol. The van der Waals surface area contributed by atoms with Gasteiger partial charge in [0.15, 0.2) is 5.96 Å². The van der Waals surface area contributed by atoms with Gasteiger partial charge in [0.2, 0.25) is 0 Å². The number of guanidine groups is 1. The van der Waals surface area contributed by atoms with Crippen molar-refractivity contribution in [2.75, 3.05) is 13.6 Å². The lowest BCUT2D eigenvalue weighted by Crippen LogP contribution is -2.32. The Kier molecular flexibility index (Phi) is 3.54. The highest BCUT2D eigenvalue weighted by Gasteiger charge is 1.93. The molecule has 0 aromatic heterocycles. The van der Waals surface area contributed by atoms with Gasteiger partial charge in [0.25, 0.3) is 0 Å². The van der Waals surface area contributed by atoms with Gasteiger partial charge in [0.1, 0.15) is 0 Å². The molecular formula is C7H15N3. The SMILES string of the molecule is CC(C)=CCN(C)C(=N)N. The first-order chi connectivity index (χ1) is 4.54. The normalized spacial score (nSPS) is 8.70. The minimum atomic E-state index is 0.109. The van der Waals surface area contributed by atoms with Crippen LogP contribution in [-0.2, 0) is 0 Å². The highest BCUT2D eigenvalue weighted by molar-refractivity contribution is 5.74. The van der Waals surface area contributed by atoms with E-state index in [2.05, 4.69) is 0 Å². The first kappa shape index (κ1) is 9.01. The molecule has 0 aliphatic heterocycles. The van der Waals surface area contributed by atoms with E-state index < -0.39 is 0 Å². The van der Waals surface area contributed by atoms with Gasteiger partial charge >= 0.3 is 0 Å². The summed E-state index contributed by atoms with van der Waals surface area (Å²) in [5.74, 6) is 0.109. The summed E-state index contributed by atoms with van der Waals surface area (Å²) in [5, 5.41) is 7.02. The Labute approximate surface area is 62.0 Å². The van der Waals surface area contributed by atoms with Crippen molar-refractivity contribution in [1.82, 2.24) is 4.90 Å². The summed E-state index contributed by atoms with van der Waals surface area (Å²) in [4.78, 5) is 1.67. The van der Waals surface area contributed by atoms with E-state index in [1.165, 1.54) is 5.57 Å². The molecule has 0 fully saturated rings. The molecule has 0 aliphatic carbocycles. The Morgan fingerprint density at radius 3 is 2.40 bits per heavy atom. The van der Waals surface area contributed by atoms with E-state index in [9.17, 15) is 0 Å². The van der Waals surface area contributed by atoms with E-state index in [0.717, 1.165) is 6.54 Å². The number of nitrogens with zero attached hydrogens (tertiary/aromatic N) is 1. The number of nitrogens with one attached hydrogen (secondary N) is 1. The van der Waals surface area contributed by atoms with Gasteiger partial charge in [-0.15, -0.1) is 0 Å². The average Bonchev–Trinajstić information content (AvgIpc) is 1.82. The number of hydrogen-bond acceptors (Lipinski definition) is 1. The molecule has 0 atom stereocenters. The standard InChI is InChI=1S/C7H15N3/c1-6(2)4-5-10(3)7(8)9/h4H,5H2,1-3H3,(H3,8,9). The molecule has 3 nitrogen and oxygen atoms in total. The van der Waals surface area contributed by atoms with E-state index >= 15 is 0 Å². The van der Waals surface area contributed by atoms with Crippen LogP contribution in [0.15, 0.2) is 11.6 Å². The molecule has 0 saturated carbocycles. The van der Waals surface area contributed by atoms with Gasteiger partial charge in [-0.2, -0.15) is 0 Å². The smallest absolute Gasteiger partial charge is 0.188 e. The number of hydrogen-bond donors (Lipinski definition) is 2. The largest absolute Gasteiger partial charge is 0.370 e. The molecule has 10 heavy (non-hydrogen) atoms. The molecule has 0 rings (SSSR count). The summed E-state index contributed by atoms with van der Waals surface area (Å²) in [5.41, 5.74) is 6.45. The molecule has 3 heteroatoms. The van der Waals surface area contributed by atoms with Crippen molar-refractivity contribution in [2.45, 2.75) is 13.8 Å². The Balaban J connectivity index is 3.70. The molecule has 0 bridgehead atoms. The fourth-order valence-corrected chi connectivity index (χ4v) is 0.418. The maximum absolute atomic E-state index is 7.02. The first-order valence-electron chi connectivity index (χ1n) is 3.22. The number of nitrogens with two attached hydrogens (primary N) is 1. The van der Waals surface area contributed by atoms with Crippen LogP contribution in [0.25, 0.3) is 0 Å². The van der Waals surface area contributed by atoms with E-state index in [1.54, 1.807) is 11.9 Å². The molecule has 0 spiro atoms. The van der Waals surface area contributed by atoms with Gasteiger partial charge < -0.3 is 10.6 Å². The Bertz CT molecular complexity index is 145. The third-order valence-corrected chi connectivity index (χ3v) is 1.18. The molecule has 58 valence electrons. The van der Waals surface area contributed by atoms with Crippen molar-refractivity contribution < 1.29 is 0 Å². The van der Waals surface area contributed by atoms with Crippen molar-refractivity contribution >= 4 is 5.96 Å². The lowest BCUT2D eigenvalue weighted by molar-refractivity contribution is 0.551. The maximum atomic E-state index is 7.02. The fourth-order valence-electron chi connectivity index (χ4n) is 0.418. The topological polar surface area (TPSA) is 53.1 Å². The summed E-state index contributed by atoms with van der Waals surface area (Å²) in [6.45, 7) is 4.76. The third kappa shape index (κ3) is 3.95. The number of allylic oxidation sites excluding steroid dienone is 1. The van der Waals surface area contributed by atoms with Crippen molar-refractivity contribution in [3.05, 3.63) is 11.6 Å². The minimum Gasteiger partial charge on any atom is -0.370 e. The molecule has 0 radical (unpaired) electrons. The fraction of sp³-hybridized carbons (Fsp3) is 0.571. The highest BCUT2D eigenvalue weighted by Crippen LogP contribution is 1.89. The minimum absolute atomic E-state index is 0.109. The van der Waals surface area contributed by atoms with Crippen LogP contribution >= 0.6 is 0 Å². The summed E-state index contributed by atoms with van der Waals surface area (Å²) in [6, 6.07) is 0. The molecule has 0 aliphatic rings. The third-order valence-electron chi connectivity index (χ3n) is 1.18. The Hall–Kier alpha value is -0.990. The van der Waals surface area contributed by atoms with E-state index in [1.807, 2.05) is 19.9 Å². The van der Waals surface area contributed by atoms with Crippen LogP contribution in [0.4, 0.5) is 0 Å². The second kappa shape index (κ2) is 3.93. The first-order valence-corrected chi connectivity index (χ1v) is 3.22. The van der Waals surface area contributed by atoms with Crippen molar-refractivity contribution in [2.24, 2.45) is 5.73 Å². The van der Waals surface area contributed by atoms with Gasteiger partial charge in [0, 0.05) is 13.6 Å². The molecule has 0 saturated heterocycles. The molecule has 0 heterocycles. The Morgan fingerprint density at radius 1 is 1.60 bits per heavy atom. The molecule has 3 N–H and O–H groups in total. The second-order valence-electron chi connectivity index (χ2n) is 2.55. The molecule has 0 unspecified atom stereocenters. The van der Waals surface area contributed by atoms with Crippen LogP contribution in [0.2, 0.25) is 0 Å². The summed E-state index contributed by atoms with van der Waals surface area (Å²) in [6.07, 6.45) is 2.03. The second-order valence-corrected chi connectivity index (χ2v) is 2.55. The van der Waals surface area contributed by atoms with Crippen molar-refractivity contribution in [3.63, 3.8) is 0 Å². The number of rotatable bonds is 2. The zero-order valence-corrected chi connectivity index (χ0v) is 6.81. The quantitative estimate of drug-likeness (QED) is 0.339. The van der Waals surface area contributed by atoms with Crippen molar-refractivity contribution in [3.8, 4) is 0 Å². The van der Waals surface area contributed by atoms with Gasteiger partial charge in [-0.05, 0) is 13.8 Å². The summed E-state index contributed by atoms with van der Waals surface area (Å²) < 4.78 is 0. The molecular weight excluding hydrogens is 126 g/mol. The van der Waals surface area contributed by atoms with E-state index in [0.29, 0.717) is 0 Å². The number of likely N-dealkylation sites (N-methyl/N-ethyl adjacent to an activating group) is 1. The van der Waals surface area contributed by atoms with Crippen LogP contribution in [0.5, 0.6) is 0 Å². The van der Waals surface area contributed by atoms with Crippen LogP contribution in [0.1, 0.15) is 13.8 Å². The maximum Gasteiger partial charge on any atom is 0.188 e. The van der Waals surface area contributed by atoms with Gasteiger partial charge in [-0.1, -0.05) is 11.6 Å². The van der Waals surface area contributed by atoms with Crippen LogP contribution < -0.4 is 5.73 Å².